The SMILES string of the molecule is O=C(Nc1ccccn1)c1cccc(Oc2ccc(C(F)(F)F)cc2Cl)c1. The summed E-state index contributed by atoms with van der Waals surface area (Å²) in [5, 5.41) is 2.44. The number of nitrogens with zero attached hydrogens (tertiary/aromatic N) is 1. The van der Waals surface area contributed by atoms with Gasteiger partial charge in [0.2, 0.25) is 0 Å². The molecule has 0 radical (unpaired) electrons. The topological polar surface area (TPSA) is 51.2 Å². The highest BCUT2D eigenvalue weighted by Gasteiger charge is 2.31. The lowest BCUT2D eigenvalue weighted by Crippen LogP contribution is -2.12. The maximum Gasteiger partial charge on any atom is 0.416 e. The molecule has 1 N–H and O–H groups in total. The van der Waals surface area contributed by atoms with Crippen LogP contribution in [0.25, 0.3) is 0 Å². The van der Waals surface area contributed by atoms with Crippen LogP contribution in [0.1, 0.15) is 15.9 Å². The minimum atomic E-state index is -4.49. The Hall–Kier alpha value is -3.06. The van der Waals surface area contributed by atoms with Crippen molar-refractivity contribution >= 4 is 23.3 Å². The number of hydrogen-bond donors (Lipinski definition) is 1. The van der Waals surface area contributed by atoms with Gasteiger partial charge in [-0.3, -0.25) is 4.79 Å². The van der Waals surface area contributed by atoms with E-state index in [2.05, 4.69) is 10.3 Å². The van der Waals surface area contributed by atoms with Crippen LogP contribution in [0.3, 0.4) is 0 Å². The van der Waals surface area contributed by atoms with Gasteiger partial charge in [-0.15, -0.1) is 0 Å². The Morgan fingerprint density at radius 2 is 1.85 bits per heavy atom. The molecule has 1 heterocycles. The third-order valence-corrected chi connectivity index (χ3v) is 3.79. The van der Waals surface area contributed by atoms with E-state index in [0.29, 0.717) is 11.4 Å². The number of rotatable bonds is 4. The second-order valence-corrected chi connectivity index (χ2v) is 5.85. The standard InChI is InChI=1S/C19H12ClF3N2O2/c20-15-11-13(19(21,22)23)7-8-16(15)27-14-5-3-4-12(10-14)18(26)25-17-6-1-2-9-24-17/h1-11H,(H,24,25,26). The van der Waals surface area contributed by atoms with E-state index in [1.165, 1.54) is 6.07 Å². The molecule has 3 rings (SSSR count). The van der Waals surface area contributed by atoms with E-state index >= 15 is 0 Å². The van der Waals surface area contributed by atoms with Gasteiger partial charge in [0, 0.05) is 11.8 Å². The first-order chi connectivity index (χ1) is 12.8. The Bertz CT molecular complexity index is 963. The average Bonchev–Trinajstić information content (AvgIpc) is 2.63. The van der Waals surface area contributed by atoms with E-state index in [9.17, 15) is 18.0 Å². The van der Waals surface area contributed by atoms with Crippen molar-refractivity contribution in [2.75, 3.05) is 5.32 Å². The van der Waals surface area contributed by atoms with Gasteiger partial charge in [-0.25, -0.2) is 4.98 Å². The zero-order chi connectivity index (χ0) is 19.4. The third-order valence-electron chi connectivity index (χ3n) is 3.49. The molecule has 0 unspecified atom stereocenters. The number of halogens is 4. The summed E-state index contributed by atoms with van der Waals surface area (Å²) < 4.78 is 43.6. The Balaban J connectivity index is 1.77. The van der Waals surface area contributed by atoms with Gasteiger partial charge in [-0.05, 0) is 48.5 Å². The summed E-state index contributed by atoms with van der Waals surface area (Å²) in [6.45, 7) is 0. The molecule has 0 bridgehead atoms. The van der Waals surface area contributed by atoms with Crippen LogP contribution in [-0.2, 0) is 6.18 Å². The van der Waals surface area contributed by atoms with Crippen molar-refractivity contribution in [3.8, 4) is 11.5 Å². The van der Waals surface area contributed by atoms with E-state index in [-0.39, 0.29) is 16.5 Å². The quantitative estimate of drug-likeness (QED) is 0.610. The van der Waals surface area contributed by atoms with Gasteiger partial charge < -0.3 is 10.1 Å². The van der Waals surface area contributed by atoms with E-state index in [0.717, 1.165) is 18.2 Å². The monoisotopic (exact) mass is 392 g/mol. The van der Waals surface area contributed by atoms with Crippen molar-refractivity contribution in [3.05, 3.63) is 83.0 Å². The van der Waals surface area contributed by atoms with Gasteiger partial charge in [-0.2, -0.15) is 13.2 Å². The van der Waals surface area contributed by atoms with Crippen molar-refractivity contribution in [2.24, 2.45) is 0 Å². The highest BCUT2D eigenvalue weighted by atomic mass is 35.5. The first-order valence-electron chi connectivity index (χ1n) is 7.70. The molecule has 1 amide bonds. The van der Waals surface area contributed by atoms with Crippen LogP contribution in [0, 0.1) is 0 Å². The molecule has 138 valence electrons. The lowest BCUT2D eigenvalue weighted by molar-refractivity contribution is -0.137. The van der Waals surface area contributed by atoms with Crippen LogP contribution in [0.5, 0.6) is 11.5 Å². The molecule has 0 saturated carbocycles. The summed E-state index contributed by atoms with van der Waals surface area (Å²) in [5.74, 6) is 0.287. The lowest BCUT2D eigenvalue weighted by atomic mass is 10.2. The van der Waals surface area contributed by atoms with Crippen LogP contribution in [0.15, 0.2) is 66.9 Å². The van der Waals surface area contributed by atoms with Gasteiger partial charge in [-0.1, -0.05) is 23.7 Å². The van der Waals surface area contributed by atoms with Crippen LogP contribution < -0.4 is 10.1 Å². The number of carbonyl (C=O) groups excluding carboxylic acids is 1. The predicted octanol–water partition coefficient (Wildman–Crippen LogP) is 5.80. The summed E-state index contributed by atoms with van der Waals surface area (Å²) in [7, 11) is 0. The van der Waals surface area contributed by atoms with Crippen molar-refractivity contribution in [3.63, 3.8) is 0 Å². The Morgan fingerprint density at radius 3 is 2.52 bits per heavy atom. The zero-order valence-corrected chi connectivity index (χ0v) is 14.4. The van der Waals surface area contributed by atoms with Crippen molar-refractivity contribution in [2.45, 2.75) is 6.18 Å². The molecule has 0 aliphatic heterocycles. The van der Waals surface area contributed by atoms with E-state index in [1.54, 1.807) is 42.6 Å². The minimum Gasteiger partial charge on any atom is -0.456 e. The van der Waals surface area contributed by atoms with Crippen LogP contribution in [-0.4, -0.2) is 10.9 Å². The van der Waals surface area contributed by atoms with Gasteiger partial charge in [0.15, 0.2) is 0 Å². The Labute approximate surface area is 157 Å². The Kier molecular flexibility index (Phi) is 5.32. The second-order valence-electron chi connectivity index (χ2n) is 5.44. The first kappa shape index (κ1) is 18.7. The third kappa shape index (κ3) is 4.77. The molecule has 0 aliphatic rings. The number of anilines is 1. The van der Waals surface area contributed by atoms with Crippen LogP contribution >= 0.6 is 11.6 Å². The van der Waals surface area contributed by atoms with Crippen molar-refractivity contribution in [1.82, 2.24) is 4.98 Å². The molecular weight excluding hydrogens is 381 g/mol. The molecule has 0 saturated heterocycles. The molecule has 3 aromatic rings. The molecule has 0 aliphatic carbocycles. The zero-order valence-electron chi connectivity index (χ0n) is 13.6. The van der Waals surface area contributed by atoms with E-state index in [1.807, 2.05) is 0 Å². The number of aromatic nitrogens is 1. The molecule has 0 spiro atoms. The van der Waals surface area contributed by atoms with Gasteiger partial charge >= 0.3 is 6.18 Å². The average molecular weight is 393 g/mol. The molecule has 0 fully saturated rings. The van der Waals surface area contributed by atoms with Gasteiger partial charge in [0.05, 0.1) is 10.6 Å². The smallest absolute Gasteiger partial charge is 0.416 e. The van der Waals surface area contributed by atoms with Crippen molar-refractivity contribution < 1.29 is 22.7 Å². The molecule has 0 atom stereocenters. The van der Waals surface area contributed by atoms with Gasteiger partial charge in [0.25, 0.3) is 5.91 Å². The highest BCUT2D eigenvalue weighted by molar-refractivity contribution is 6.32. The number of carbonyl (C=O) groups is 1. The molecule has 4 nitrogen and oxygen atoms in total. The normalized spacial score (nSPS) is 11.1. The largest absolute Gasteiger partial charge is 0.456 e. The number of alkyl halides is 3. The summed E-state index contributed by atoms with van der Waals surface area (Å²) in [4.78, 5) is 16.3. The first-order valence-corrected chi connectivity index (χ1v) is 8.08. The molecular formula is C19H12ClF3N2O2. The fraction of sp³-hybridized carbons (Fsp3) is 0.0526. The fourth-order valence-electron chi connectivity index (χ4n) is 2.21. The predicted molar refractivity (Wildman–Crippen MR) is 95.2 cm³/mol. The fourth-order valence-corrected chi connectivity index (χ4v) is 2.43. The lowest BCUT2D eigenvalue weighted by Gasteiger charge is -2.12. The number of pyridine rings is 1. The van der Waals surface area contributed by atoms with Crippen LogP contribution in [0.2, 0.25) is 5.02 Å². The minimum absolute atomic E-state index is 0.0481. The second kappa shape index (κ2) is 7.67. The maximum absolute atomic E-state index is 12.7. The summed E-state index contributed by atoms with van der Waals surface area (Å²) in [6.07, 6.45) is -2.95. The van der Waals surface area contributed by atoms with E-state index in [4.69, 9.17) is 16.3 Å². The molecule has 27 heavy (non-hydrogen) atoms. The van der Waals surface area contributed by atoms with E-state index < -0.39 is 17.6 Å². The summed E-state index contributed by atoms with van der Waals surface area (Å²) in [5.41, 5.74) is -0.579. The summed E-state index contributed by atoms with van der Waals surface area (Å²) >= 11 is 5.88. The number of nitrogens with one attached hydrogen (secondary N) is 1. The summed E-state index contributed by atoms with van der Waals surface area (Å²) in [6, 6.07) is 14.0. The van der Waals surface area contributed by atoms with Crippen molar-refractivity contribution in [1.29, 1.82) is 0 Å². The number of ether oxygens (including phenoxy) is 1. The van der Waals surface area contributed by atoms with Crippen LogP contribution in [0.4, 0.5) is 19.0 Å². The maximum atomic E-state index is 12.7. The molecule has 2 aromatic carbocycles. The Morgan fingerprint density at radius 1 is 1.04 bits per heavy atom. The molecule has 8 heteroatoms. The highest BCUT2D eigenvalue weighted by Crippen LogP contribution is 2.36. The number of hydrogen-bond acceptors (Lipinski definition) is 3. The number of benzene rings is 2. The van der Waals surface area contributed by atoms with Gasteiger partial charge in [0.1, 0.15) is 17.3 Å². The molecule has 1 aromatic heterocycles. The number of amides is 1.